The third-order valence-electron chi connectivity index (χ3n) is 4.48. The van der Waals surface area contributed by atoms with Crippen LogP contribution in [0.15, 0.2) is 0 Å². The number of amides is 2. The summed E-state index contributed by atoms with van der Waals surface area (Å²) in [5, 5.41) is 21.9. The second-order valence-electron chi connectivity index (χ2n) is 6.33. The number of aliphatic hydroxyl groups is 1. The van der Waals surface area contributed by atoms with E-state index in [1.165, 1.54) is 0 Å². The Kier molecular flexibility index (Phi) is 4.52. The molecule has 2 amide bonds. The van der Waals surface area contributed by atoms with Crippen LogP contribution in [-0.2, 0) is 4.79 Å². The van der Waals surface area contributed by atoms with E-state index >= 15 is 0 Å². The van der Waals surface area contributed by atoms with Crippen LogP contribution in [0.2, 0.25) is 0 Å². The number of likely N-dealkylation sites (tertiary alicyclic amines) is 1. The molecule has 2 rings (SSSR count). The lowest BCUT2D eigenvalue weighted by molar-refractivity contribution is -0.143. The molecule has 1 saturated carbocycles. The summed E-state index contributed by atoms with van der Waals surface area (Å²) in [6, 6.07) is -0.170. The summed E-state index contributed by atoms with van der Waals surface area (Å²) in [7, 11) is 0. The molecule has 0 spiro atoms. The lowest BCUT2D eigenvalue weighted by atomic mass is 9.86. The predicted octanol–water partition coefficient (Wildman–Crippen LogP) is 1.19. The van der Waals surface area contributed by atoms with Gasteiger partial charge in [0.15, 0.2) is 0 Å². The number of hydrogen-bond donors (Lipinski definition) is 3. The number of hydrogen-bond acceptors (Lipinski definition) is 3. The number of nitrogens with one attached hydrogen (secondary N) is 1. The smallest absolute Gasteiger partial charge is 0.317 e. The molecule has 2 aliphatic rings. The Balaban J connectivity index is 1.81. The van der Waals surface area contributed by atoms with Crippen molar-refractivity contribution in [3.63, 3.8) is 0 Å². The van der Waals surface area contributed by atoms with Crippen LogP contribution in [0.25, 0.3) is 0 Å². The van der Waals surface area contributed by atoms with Crippen LogP contribution in [0, 0.1) is 5.92 Å². The zero-order valence-electron chi connectivity index (χ0n) is 12.0. The van der Waals surface area contributed by atoms with Crippen LogP contribution < -0.4 is 5.32 Å². The van der Waals surface area contributed by atoms with Gasteiger partial charge in [-0.25, -0.2) is 4.79 Å². The summed E-state index contributed by atoms with van der Waals surface area (Å²) in [5.74, 6) is -1.10. The third kappa shape index (κ3) is 3.85. The van der Waals surface area contributed by atoms with Gasteiger partial charge >= 0.3 is 12.0 Å². The average molecular weight is 284 g/mol. The van der Waals surface area contributed by atoms with Crippen molar-refractivity contribution in [2.24, 2.45) is 5.92 Å². The van der Waals surface area contributed by atoms with Crippen LogP contribution >= 0.6 is 0 Å². The molecule has 20 heavy (non-hydrogen) atoms. The highest BCUT2D eigenvalue weighted by molar-refractivity contribution is 5.75. The molecule has 114 valence electrons. The summed E-state index contributed by atoms with van der Waals surface area (Å²) in [5.41, 5.74) is -0.671. The van der Waals surface area contributed by atoms with Crippen molar-refractivity contribution in [2.75, 3.05) is 13.1 Å². The second kappa shape index (κ2) is 5.99. The second-order valence-corrected chi connectivity index (χ2v) is 6.33. The van der Waals surface area contributed by atoms with Crippen molar-refractivity contribution in [3.8, 4) is 0 Å². The van der Waals surface area contributed by atoms with Crippen molar-refractivity contribution in [1.82, 2.24) is 10.2 Å². The molecule has 0 aromatic carbocycles. The highest BCUT2D eigenvalue weighted by Gasteiger charge is 2.32. The van der Waals surface area contributed by atoms with E-state index in [0.717, 1.165) is 12.8 Å². The van der Waals surface area contributed by atoms with E-state index in [1.807, 2.05) is 0 Å². The maximum atomic E-state index is 12.1. The molecule has 0 aromatic heterocycles. The van der Waals surface area contributed by atoms with E-state index in [2.05, 4.69) is 5.32 Å². The molecule has 0 radical (unpaired) electrons. The summed E-state index contributed by atoms with van der Waals surface area (Å²) < 4.78 is 0. The van der Waals surface area contributed by atoms with Gasteiger partial charge in [0.25, 0.3) is 0 Å². The molecule has 6 nitrogen and oxygen atoms in total. The Bertz CT molecular complexity index is 373. The number of carboxylic acids is 1. The molecule has 1 aliphatic carbocycles. The molecule has 3 N–H and O–H groups in total. The lowest BCUT2D eigenvalue weighted by Gasteiger charge is -2.37. The van der Waals surface area contributed by atoms with E-state index in [-0.39, 0.29) is 18.0 Å². The summed E-state index contributed by atoms with van der Waals surface area (Å²) >= 11 is 0. The summed E-state index contributed by atoms with van der Waals surface area (Å²) in [4.78, 5) is 24.9. The van der Waals surface area contributed by atoms with Gasteiger partial charge < -0.3 is 20.4 Å². The molecular formula is C14H24N2O4. The molecule has 6 heteroatoms. The highest BCUT2D eigenvalue weighted by Crippen LogP contribution is 2.25. The third-order valence-corrected chi connectivity index (χ3v) is 4.48. The molecule has 1 saturated heterocycles. The van der Waals surface area contributed by atoms with Crippen molar-refractivity contribution in [2.45, 2.75) is 57.1 Å². The maximum Gasteiger partial charge on any atom is 0.317 e. The molecular weight excluding hydrogens is 260 g/mol. The highest BCUT2D eigenvalue weighted by atomic mass is 16.4. The Hall–Kier alpha value is -1.30. The minimum absolute atomic E-state index is 0.0419. The summed E-state index contributed by atoms with van der Waals surface area (Å²) in [6.07, 6.45) is 4.09. The van der Waals surface area contributed by atoms with Crippen molar-refractivity contribution in [3.05, 3.63) is 0 Å². The van der Waals surface area contributed by atoms with Gasteiger partial charge in [-0.05, 0) is 39.0 Å². The first-order chi connectivity index (χ1) is 9.37. The SMILES string of the molecule is CC1(O)CCN(C(=O)NC2CCCC(C(=O)O)C2)CC1. The number of rotatable bonds is 2. The van der Waals surface area contributed by atoms with Crippen LogP contribution in [0.1, 0.15) is 45.4 Å². The van der Waals surface area contributed by atoms with Crippen LogP contribution in [0.4, 0.5) is 4.79 Å². The molecule has 1 aliphatic heterocycles. The molecule has 1 heterocycles. The van der Waals surface area contributed by atoms with Gasteiger partial charge in [-0.1, -0.05) is 6.42 Å². The van der Waals surface area contributed by atoms with Gasteiger partial charge in [-0.15, -0.1) is 0 Å². The first-order valence-corrected chi connectivity index (χ1v) is 7.38. The van der Waals surface area contributed by atoms with Gasteiger partial charge in [-0.2, -0.15) is 0 Å². The van der Waals surface area contributed by atoms with Gasteiger partial charge in [0.1, 0.15) is 0 Å². The lowest BCUT2D eigenvalue weighted by Crippen LogP contribution is -2.51. The minimum atomic E-state index is -0.766. The number of carbonyl (C=O) groups is 2. The number of piperidine rings is 1. The van der Waals surface area contributed by atoms with E-state index < -0.39 is 11.6 Å². The van der Waals surface area contributed by atoms with Gasteiger partial charge in [0, 0.05) is 19.1 Å². The van der Waals surface area contributed by atoms with Gasteiger partial charge in [0.05, 0.1) is 11.5 Å². The largest absolute Gasteiger partial charge is 0.481 e. The summed E-state index contributed by atoms with van der Waals surface area (Å²) in [6.45, 7) is 2.89. The Morgan fingerprint density at radius 3 is 2.50 bits per heavy atom. The van der Waals surface area contributed by atoms with Crippen LogP contribution in [-0.4, -0.2) is 51.8 Å². The van der Waals surface area contributed by atoms with Crippen LogP contribution in [0.3, 0.4) is 0 Å². The molecule has 0 bridgehead atoms. The first kappa shape index (κ1) is 15.1. The van der Waals surface area contributed by atoms with E-state index in [0.29, 0.717) is 38.8 Å². The molecule has 2 atom stereocenters. The first-order valence-electron chi connectivity index (χ1n) is 7.38. The number of nitrogens with zero attached hydrogens (tertiary/aromatic N) is 1. The van der Waals surface area contributed by atoms with Gasteiger partial charge in [-0.3, -0.25) is 4.79 Å². The molecule has 0 aromatic rings. The average Bonchev–Trinajstić information content (AvgIpc) is 2.38. The monoisotopic (exact) mass is 284 g/mol. The van der Waals surface area contributed by atoms with Crippen molar-refractivity contribution < 1.29 is 19.8 Å². The maximum absolute atomic E-state index is 12.1. The number of carboxylic acid groups (broad SMARTS) is 1. The zero-order valence-corrected chi connectivity index (χ0v) is 12.0. The molecule has 2 unspecified atom stereocenters. The fraction of sp³-hybridized carbons (Fsp3) is 0.857. The topological polar surface area (TPSA) is 89.9 Å². The Morgan fingerprint density at radius 2 is 1.90 bits per heavy atom. The Morgan fingerprint density at radius 1 is 1.25 bits per heavy atom. The van der Waals surface area contributed by atoms with E-state index in [9.17, 15) is 14.7 Å². The minimum Gasteiger partial charge on any atom is -0.481 e. The normalized spacial score (nSPS) is 29.8. The van der Waals surface area contributed by atoms with Crippen LogP contribution in [0.5, 0.6) is 0 Å². The quantitative estimate of drug-likeness (QED) is 0.710. The van der Waals surface area contributed by atoms with Gasteiger partial charge in [0.2, 0.25) is 0 Å². The number of urea groups is 1. The van der Waals surface area contributed by atoms with E-state index in [4.69, 9.17) is 5.11 Å². The van der Waals surface area contributed by atoms with Crippen molar-refractivity contribution >= 4 is 12.0 Å². The van der Waals surface area contributed by atoms with Crippen molar-refractivity contribution in [1.29, 1.82) is 0 Å². The molecule has 2 fully saturated rings. The van der Waals surface area contributed by atoms with E-state index in [1.54, 1.807) is 11.8 Å². The fourth-order valence-corrected chi connectivity index (χ4v) is 3.00. The zero-order chi connectivity index (χ0) is 14.8. The number of carbonyl (C=O) groups excluding carboxylic acids is 1. The number of aliphatic carboxylic acids is 1. The Labute approximate surface area is 119 Å². The predicted molar refractivity (Wildman–Crippen MR) is 73.3 cm³/mol. The standard InChI is InChI=1S/C14H24N2O4/c1-14(20)5-7-16(8-6-14)13(19)15-11-4-2-3-10(9-11)12(17)18/h10-11,20H,2-9H2,1H3,(H,15,19)(H,17,18). The fourth-order valence-electron chi connectivity index (χ4n) is 3.00.